The lowest BCUT2D eigenvalue weighted by Gasteiger charge is -2.10. The molecule has 0 bridgehead atoms. The average Bonchev–Trinajstić information content (AvgIpc) is 2.12. The smallest absolute Gasteiger partial charge is 0.183 e. The molecule has 0 radical (unpaired) electrons. The van der Waals surface area contributed by atoms with Crippen LogP contribution in [0, 0.1) is 6.92 Å². The highest BCUT2D eigenvalue weighted by molar-refractivity contribution is 6.32. The summed E-state index contributed by atoms with van der Waals surface area (Å²) >= 11 is 5.69. The largest absolute Gasteiger partial charge is 0.506 e. The molecule has 76 valence electrons. The number of ketones is 1. The Kier molecular flexibility index (Phi) is 3.13. The molecule has 0 saturated heterocycles. The van der Waals surface area contributed by atoms with Crippen molar-refractivity contribution in [1.82, 2.24) is 0 Å². The molecular formula is C10H12ClNO2. The van der Waals surface area contributed by atoms with Crippen LogP contribution in [0.25, 0.3) is 0 Å². The number of halogens is 1. The second-order valence-corrected chi connectivity index (χ2v) is 3.65. The minimum Gasteiger partial charge on any atom is -0.506 e. The van der Waals surface area contributed by atoms with Crippen LogP contribution in [0.4, 0.5) is 0 Å². The van der Waals surface area contributed by atoms with Gasteiger partial charge in [-0.25, -0.2) is 0 Å². The third kappa shape index (κ3) is 1.89. The van der Waals surface area contributed by atoms with Gasteiger partial charge in [0.15, 0.2) is 5.78 Å². The minimum absolute atomic E-state index is 0.166. The van der Waals surface area contributed by atoms with E-state index in [1.165, 1.54) is 0 Å². The fourth-order valence-electron chi connectivity index (χ4n) is 1.21. The van der Waals surface area contributed by atoms with Crippen LogP contribution < -0.4 is 5.73 Å². The van der Waals surface area contributed by atoms with Gasteiger partial charge < -0.3 is 10.8 Å². The van der Waals surface area contributed by atoms with Crippen molar-refractivity contribution in [2.75, 3.05) is 0 Å². The molecule has 14 heavy (non-hydrogen) atoms. The summed E-state index contributed by atoms with van der Waals surface area (Å²) in [4.78, 5) is 11.6. The number of phenols is 1. The number of phenolic OH excluding ortho intramolecular Hbond substituents is 1. The van der Waals surface area contributed by atoms with Crippen LogP contribution in [0.3, 0.4) is 0 Å². The standard InChI is InChI=1S/C10H12ClNO2/c1-5-3-4-7(11)10(14)8(5)9(13)6(2)12/h3-4,6,14H,12H2,1-2H3. The molecule has 0 spiro atoms. The highest BCUT2D eigenvalue weighted by Crippen LogP contribution is 2.30. The number of carbonyl (C=O) groups is 1. The summed E-state index contributed by atoms with van der Waals surface area (Å²) in [5, 5.41) is 9.76. The Balaban J connectivity index is 3.33. The van der Waals surface area contributed by atoms with Gasteiger partial charge in [-0.2, -0.15) is 0 Å². The summed E-state index contributed by atoms with van der Waals surface area (Å²) in [6, 6.07) is 2.58. The monoisotopic (exact) mass is 213 g/mol. The first-order valence-electron chi connectivity index (χ1n) is 4.23. The Bertz CT molecular complexity index is 375. The van der Waals surface area contributed by atoms with Crippen LogP contribution in [0.1, 0.15) is 22.8 Å². The summed E-state index contributed by atoms with van der Waals surface area (Å²) < 4.78 is 0. The Morgan fingerprint density at radius 2 is 2.14 bits per heavy atom. The normalized spacial score (nSPS) is 12.6. The third-order valence-electron chi connectivity index (χ3n) is 2.00. The number of rotatable bonds is 2. The molecule has 0 saturated carbocycles. The van der Waals surface area contributed by atoms with Crippen LogP contribution in [0.5, 0.6) is 5.75 Å². The van der Waals surface area contributed by atoms with E-state index in [0.717, 1.165) is 0 Å². The highest BCUT2D eigenvalue weighted by atomic mass is 35.5. The zero-order valence-electron chi connectivity index (χ0n) is 8.04. The number of benzene rings is 1. The number of nitrogens with two attached hydrogens (primary N) is 1. The number of Topliss-reactive ketones (excluding diaryl/α,β-unsaturated/α-hetero) is 1. The molecule has 4 heteroatoms. The van der Waals surface area contributed by atoms with Gasteiger partial charge in [0.1, 0.15) is 5.75 Å². The molecule has 1 unspecified atom stereocenters. The van der Waals surface area contributed by atoms with E-state index in [0.29, 0.717) is 5.56 Å². The molecule has 1 rings (SSSR count). The second-order valence-electron chi connectivity index (χ2n) is 3.24. The first-order chi connectivity index (χ1) is 6.45. The molecule has 0 fully saturated rings. The van der Waals surface area contributed by atoms with Crippen molar-refractivity contribution in [3.05, 3.63) is 28.3 Å². The van der Waals surface area contributed by atoms with E-state index < -0.39 is 6.04 Å². The molecule has 1 aromatic rings. The maximum atomic E-state index is 11.6. The first kappa shape index (κ1) is 11.0. The number of hydrogen-bond acceptors (Lipinski definition) is 3. The van der Waals surface area contributed by atoms with E-state index in [9.17, 15) is 9.90 Å². The van der Waals surface area contributed by atoms with Gasteiger partial charge >= 0.3 is 0 Å². The molecule has 0 amide bonds. The van der Waals surface area contributed by atoms with Gasteiger partial charge in [0.25, 0.3) is 0 Å². The van der Waals surface area contributed by atoms with Gasteiger partial charge in [0, 0.05) is 0 Å². The predicted molar refractivity (Wildman–Crippen MR) is 55.8 cm³/mol. The van der Waals surface area contributed by atoms with Crippen LogP contribution in [-0.4, -0.2) is 16.9 Å². The Hall–Kier alpha value is -1.06. The molecular weight excluding hydrogens is 202 g/mol. The van der Waals surface area contributed by atoms with Crippen molar-refractivity contribution < 1.29 is 9.90 Å². The SMILES string of the molecule is Cc1ccc(Cl)c(O)c1C(=O)C(C)N. The van der Waals surface area contributed by atoms with Crippen molar-refractivity contribution in [2.24, 2.45) is 5.73 Å². The lowest BCUT2D eigenvalue weighted by Crippen LogP contribution is -2.27. The maximum absolute atomic E-state index is 11.6. The van der Waals surface area contributed by atoms with Crippen molar-refractivity contribution in [3.8, 4) is 5.75 Å². The maximum Gasteiger partial charge on any atom is 0.183 e. The molecule has 3 nitrogen and oxygen atoms in total. The Morgan fingerprint density at radius 1 is 1.57 bits per heavy atom. The number of hydrogen-bond donors (Lipinski definition) is 2. The number of aryl methyl sites for hydroxylation is 1. The van der Waals surface area contributed by atoms with Crippen LogP contribution >= 0.6 is 11.6 Å². The van der Waals surface area contributed by atoms with Crippen molar-refractivity contribution >= 4 is 17.4 Å². The summed E-state index contributed by atoms with van der Waals surface area (Å²) in [6.45, 7) is 3.30. The van der Waals surface area contributed by atoms with Crippen molar-refractivity contribution in [2.45, 2.75) is 19.9 Å². The predicted octanol–water partition coefficient (Wildman–Crippen LogP) is 1.88. The molecule has 0 heterocycles. The first-order valence-corrected chi connectivity index (χ1v) is 4.60. The molecule has 0 aliphatic rings. The van der Waals surface area contributed by atoms with E-state index in [-0.39, 0.29) is 22.1 Å². The van der Waals surface area contributed by atoms with Crippen LogP contribution in [0.15, 0.2) is 12.1 Å². The van der Waals surface area contributed by atoms with Gasteiger partial charge in [0.2, 0.25) is 0 Å². The topological polar surface area (TPSA) is 63.3 Å². The average molecular weight is 214 g/mol. The molecule has 1 atom stereocenters. The Morgan fingerprint density at radius 3 is 2.64 bits per heavy atom. The zero-order valence-corrected chi connectivity index (χ0v) is 8.80. The van der Waals surface area contributed by atoms with E-state index >= 15 is 0 Å². The van der Waals surface area contributed by atoms with E-state index in [1.807, 2.05) is 0 Å². The second kappa shape index (κ2) is 3.98. The summed E-state index contributed by atoms with van der Waals surface area (Å²) in [6.07, 6.45) is 0. The quantitative estimate of drug-likeness (QED) is 0.738. The van der Waals surface area contributed by atoms with E-state index in [4.69, 9.17) is 17.3 Å². The van der Waals surface area contributed by atoms with Crippen molar-refractivity contribution in [1.29, 1.82) is 0 Å². The summed E-state index contributed by atoms with van der Waals surface area (Å²) in [5.74, 6) is -0.489. The van der Waals surface area contributed by atoms with Gasteiger partial charge in [-0.3, -0.25) is 4.79 Å². The Labute approximate surface area is 87.5 Å². The lowest BCUT2D eigenvalue weighted by atomic mass is 10.00. The van der Waals surface area contributed by atoms with Crippen molar-refractivity contribution in [3.63, 3.8) is 0 Å². The van der Waals surface area contributed by atoms with E-state index in [2.05, 4.69) is 0 Å². The summed E-state index contributed by atoms with van der Waals surface area (Å²) in [5.41, 5.74) is 6.34. The fraction of sp³-hybridized carbons (Fsp3) is 0.300. The number of aromatic hydroxyl groups is 1. The number of carbonyl (C=O) groups excluding carboxylic acids is 1. The van der Waals surface area contributed by atoms with Gasteiger partial charge in [-0.1, -0.05) is 17.7 Å². The fourth-order valence-corrected chi connectivity index (χ4v) is 1.36. The lowest BCUT2D eigenvalue weighted by molar-refractivity contribution is 0.0964. The summed E-state index contributed by atoms with van der Waals surface area (Å²) in [7, 11) is 0. The van der Waals surface area contributed by atoms with Gasteiger partial charge in [-0.15, -0.1) is 0 Å². The van der Waals surface area contributed by atoms with E-state index in [1.54, 1.807) is 26.0 Å². The molecule has 3 N–H and O–H groups in total. The highest BCUT2D eigenvalue weighted by Gasteiger charge is 2.19. The molecule has 0 aromatic heterocycles. The molecule has 1 aromatic carbocycles. The van der Waals surface area contributed by atoms with Crippen LogP contribution in [-0.2, 0) is 0 Å². The molecule has 0 aliphatic carbocycles. The van der Waals surface area contributed by atoms with Gasteiger partial charge in [0.05, 0.1) is 16.6 Å². The van der Waals surface area contributed by atoms with Crippen LogP contribution in [0.2, 0.25) is 5.02 Å². The van der Waals surface area contributed by atoms with Gasteiger partial charge in [-0.05, 0) is 25.5 Å². The third-order valence-corrected chi connectivity index (χ3v) is 2.30. The minimum atomic E-state index is -0.641. The zero-order chi connectivity index (χ0) is 10.9. The molecule has 0 aliphatic heterocycles.